The first kappa shape index (κ1) is 15.0. The Labute approximate surface area is 122 Å². The van der Waals surface area contributed by atoms with Gasteiger partial charge in [-0.05, 0) is 49.2 Å². The van der Waals surface area contributed by atoms with Crippen LogP contribution in [-0.4, -0.2) is 13.0 Å². The van der Waals surface area contributed by atoms with Gasteiger partial charge in [0.15, 0.2) is 0 Å². The number of benzene rings is 2. The molecule has 0 aliphatic carbocycles. The molecule has 0 atom stereocenters. The second-order valence-corrected chi connectivity index (χ2v) is 5.06. The highest BCUT2D eigenvalue weighted by molar-refractivity contribution is 6.06. The molecular weight excluding hydrogens is 274 g/mol. The van der Waals surface area contributed by atoms with Gasteiger partial charge in [-0.15, -0.1) is 0 Å². The van der Waals surface area contributed by atoms with Crippen LogP contribution in [0.5, 0.6) is 0 Å². The van der Waals surface area contributed by atoms with E-state index in [4.69, 9.17) is 5.73 Å². The first-order chi connectivity index (χ1) is 9.79. The normalized spacial score (nSPS) is 10.5. The summed E-state index contributed by atoms with van der Waals surface area (Å²) in [5.74, 6) is -2.38. The SMILES string of the molecule is Cc1cc(C)cc(N(C)C(=O)c2cc(F)c(N)c(F)c2)c1. The number of nitrogens with two attached hydrogens (primary N) is 1. The van der Waals surface area contributed by atoms with Gasteiger partial charge in [-0.3, -0.25) is 4.79 Å². The minimum Gasteiger partial charge on any atom is -0.394 e. The third-order valence-corrected chi connectivity index (χ3v) is 3.22. The number of carbonyl (C=O) groups is 1. The van der Waals surface area contributed by atoms with E-state index in [0.29, 0.717) is 5.69 Å². The Morgan fingerprint density at radius 3 is 1.95 bits per heavy atom. The van der Waals surface area contributed by atoms with Gasteiger partial charge >= 0.3 is 0 Å². The predicted octanol–water partition coefficient (Wildman–Crippen LogP) is 3.44. The van der Waals surface area contributed by atoms with Crippen molar-refractivity contribution in [3.63, 3.8) is 0 Å². The van der Waals surface area contributed by atoms with Crippen LogP contribution < -0.4 is 10.6 Å². The molecule has 2 aromatic rings. The Kier molecular flexibility index (Phi) is 3.93. The summed E-state index contributed by atoms with van der Waals surface area (Å²) in [4.78, 5) is 13.7. The molecule has 0 unspecified atom stereocenters. The number of hydrogen-bond acceptors (Lipinski definition) is 2. The number of nitrogen functional groups attached to an aromatic ring is 1. The minimum atomic E-state index is -0.938. The van der Waals surface area contributed by atoms with Gasteiger partial charge in [-0.25, -0.2) is 8.78 Å². The first-order valence-corrected chi connectivity index (χ1v) is 6.40. The zero-order chi connectivity index (χ0) is 15.7. The smallest absolute Gasteiger partial charge is 0.258 e. The quantitative estimate of drug-likeness (QED) is 0.861. The van der Waals surface area contributed by atoms with Crippen LogP contribution in [0.1, 0.15) is 21.5 Å². The third-order valence-electron chi connectivity index (χ3n) is 3.22. The molecule has 0 heterocycles. The van der Waals surface area contributed by atoms with Gasteiger partial charge in [0.2, 0.25) is 0 Å². The molecule has 0 saturated carbocycles. The maximum absolute atomic E-state index is 13.5. The van der Waals surface area contributed by atoms with Crippen molar-refractivity contribution in [3.05, 3.63) is 58.7 Å². The molecule has 2 N–H and O–H groups in total. The number of amides is 1. The number of halogens is 2. The topological polar surface area (TPSA) is 46.3 Å². The molecule has 3 nitrogen and oxygen atoms in total. The highest BCUT2D eigenvalue weighted by atomic mass is 19.1. The summed E-state index contributed by atoms with van der Waals surface area (Å²) < 4.78 is 26.9. The third kappa shape index (κ3) is 3.02. The molecule has 2 rings (SSSR count). The van der Waals surface area contributed by atoms with Crippen LogP contribution in [0.4, 0.5) is 20.2 Å². The van der Waals surface area contributed by atoms with E-state index in [-0.39, 0.29) is 5.56 Å². The second kappa shape index (κ2) is 5.52. The lowest BCUT2D eigenvalue weighted by Crippen LogP contribution is -2.26. The van der Waals surface area contributed by atoms with Crippen molar-refractivity contribution < 1.29 is 13.6 Å². The standard InChI is InChI=1S/C16H16F2N2O/c1-9-4-10(2)6-12(5-9)20(3)16(21)11-7-13(17)15(19)14(18)8-11/h4-8H,19H2,1-3H3. The van der Waals surface area contributed by atoms with Gasteiger partial charge in [0.25, 0.3) is 5.91 Å². The van der Waals surface area contributed by atoms with Crippen LogP contribution >= 0.6 is 0 Å². The zero-order valence-corrected chi connectivity index (χ0v) is 12.1. The van der Waals surface area contributed by atoms with E-state index in [1.54, 1.807) is 7.05 Å². The number of aryl methyl sites for hydroxylation is 2. The number of rotatable bonds is 2. The van der Waals surface area contributed by atoms with Gasteiger partial charge in [-0.2, -0.15) is 0 Å². The lowest BCUT2D eigenvalue weighted by atomic mass is 10.1. The first-order valence-electron chi connectivity index (χ1n) is 6.40. The molecule has 0 aromatic heterocycles. The predicted molar refractivity (Wildman–Crippen MR) is 79.4 cm³/mol. The van der Waals surface area contributed by atoms with Crippen molar-refractivity contribution in [1.82, 2.24) is 0 Å². The highest BCUT2D eigenvalue weighted by Gasteiger charge is 2.18. The van der Waals surface area contributed by atoms with Crippen molar-refractivity contribution in [3.8, 4) is 0 Å². The average molecular weight is 290 g/mol. The molecule has 0 aliphatic rings. The number of anilines is 2. The summed E-state index contributed by atoms with van der Waals surface area (Å²) in [5.41, 5.74) is 7.20. The van der Waals surface area contributed by atoms with E-state index in [9.17, 15) is 13.6 Å². The maximum Gasteiger partial charge on any atom is 0.258 e. The van der Waals surface area contributed by atoms with Crippen molar-refractivity contribution in [2.75, 3.05) is 17.7 Å². The number of hydrogen-bond donors (Lipinski definition) is 1. The van der Waals surface area contributed by atoms with E-state index >= 15 is 0 Å². The Morgan fingerprint density at radius 2 is 1.48 bits per heavy atom. The highest BCUT2D eigenvalue weighted by Crippen LogP contribution is 2.22. The molecular formula is C16H16F2N2O. The largest absolute Gasteiger partial charge is 0.394 e. The van der Waals surface area contributed by atoms with Crippen LogP contribution in [0.25, 0.3) is 0 Å². The molecule has 0 fully saturated rings. The van der Waals surface area contributed by atoms with Crippen LogP contribution in [-0.2, 0) is 0 Å². The molecule has 5 heteroatoms. The Morgan fingerprint density at radius 1 is 1.00 bits per heavy atom. The fourth-order valence-corrected chi connectivity index (χ4v) is 2.16. The Hall–Kier alpha value is -2.43. The van der Waals surface area contributed by atoms with E-state index < -0.39 is 23.2 Å². The van der Waals surface area contributed by atoms with Gasteiger partial charge in [0.1, 0.15) is 17.3 Å². The number of nitrogens with zero attached hydrogens (tertiary/aromatic N) is 1. The lowest BCUT2D eigenvalue weighted by molar-refractivity contribution is 0.0992. The van der Waals surface area contributed by atoms with Crippen LogP contribution in [0.2, 0.25) is 0 Å². The fraction of sp³-hybridized carbons (Fsp3) is 0.188. The molecule has 0 aliphatic heterocycles. The van der Waals surface area contributed by atoms with E-state index in [2.05, 4.69) is 0 Å². The summed E-state index contributed by atoms with van der Waals surface area (Å²) in [5, 5.41) is 0. The number of carbonyl (C=O) groups excluding carboxylic acids is 1. The Bertz CT molecular complexity index is 670. The summed E-state index contributed by atoms with van der Waals surface area (Å²) in [6.07, 6.45) is 0. The average Bonchev–Trinajstić information content (AvgIpc) is 2.41. The minimum absolute atomic E-state index is 0.0825. The molecule has 110 valence electrons. The van der Waals surface area contributed by atoms with Gasteiger partial charge < -0.3 is 10.6 Å². The molecule has 21 heavy (non-hydrogen) atoms. The lowest BCUT2D eigenvalue weighted by Gasteiger charge is -2.19. The summed E-state index contributed by atoms with van der Waals surface area (Å²) in [6, 6.07) is 7.52. The van der Waals surface area contributed by atoms with Crippen molar-refractivity contribution >= 4 is 17.3 Å². The fourth-order valence-electron chi connectivity index (χ4n) is 2.16. The van der Waals surface area contributed by atoms with Crippen LogP contribution in [0.3, 0.4) is 0 Å². The molecule has 2 aromatic carbocycles. The van der Waals surface area contributed by atoms with Crippen molar-refractivity contribution in [2.45, 2.75) is 13.8 Å². The van der Waals surface area contributed by atoms with Gasteiger partial charge in [-0.1, -0.05) is 6.07 Å². The molecule has 0 saturated heterocycles. The molecule has 1 amide bonds. The summed E-state index contributed by atoms with van der Waals surface area (Å²) >= 11 is 0. The van der Waals surface area contributed by atoms with E-state index in [1.807, 2.05) is 32.0 Å². The zero-order valence-electron chi connectivity index (χ0n) is 12.1. The Balaban J connectivity index is 2.39. The van der Waals surface area contributed by atoms with Crippen LogP contribution in [0.15, 0.2) is 30.3 Å². The van der Waals surface area contributed by atoms with Crippen molar-refractivity contribution in [1.29, 1.82) is 0 Å². The van der Waals surface area contributed by atoms with E-state index in [0.717, 1.165) is 23.3 Å². The summed E-state index contributed by atoms with van der Waals surface area (Å²) in [6.45, 7) is 3.83. The second-order valence-electron chi connectivity index (χ2n) is 5.06. The molecule has 0 bridgehead atoms. The van der Waals surface area contributed by atoms with Gasteiger partial charge in [0.05, 0.1) is 0 Å². The monoisotopic (exact) mass is 290 g/mol. The van der Waals surface area contributed by atoms with Crippen molar-refractivity contribution in [2.24, 2.45) is 0 Å². The van der Waals surface area contributed by atoms with Gasteiger partial charge in [0, 0.05) is 18.3 Å². The maximum atomic E-state index is 13.5. The molecule has 0 radical (unpaired) electrons. The van der Waals surface area contributed by atoms with E-state index in [1.165, 1.54) is 4.90 Å². The summed E-state index contributed by atoms with van der Waals surface area (Å²) in [7, 11) is 1.56. The van der Waals surface area contributed by atoms with Crippen LogP contribution in [0, 0.1) is 25.5 Å². The molecule has 0 spiro atoms.